The molecule has 33 heavy (non-hydrogen) atoms. The van der Waals surface area contributed by atoms with Crippen molar-refractivity contribution in [2.24, 2.45) is 0 Å². The van der Waals surface area contributed by atoms with E-state index >= 15 is 0 Å². The minimum Gasteiger partial charge on any atom is -0.0683 e. The zero-order chi connectivity index (χ0) is 23.5. The molecule has 0 N–H and O–H groups in total. The number of rotatable bonds is 1. The van der Waals surface area contributed by atoms with Gasteiger partial charge in [0.1, 0.15) is 0 Å². The molecule has 0 saturated carbocycles. The van der Waals surface area contributed by atoms with E-state index in [1.54, 1.807) is 0 Å². The molecule has 0 spiro atoms. The molecule has 4 aromatic carbocycles. The van der Waals surface area contributed by atoms with Gasteiger partial charge in [-0.1, -0.05) is 108 Å². The average Bonchev–Trinajstić information content (AvgIpc) is 3.19. The Labute approximate surface area is 199 Å². The first-order valence-electron chi connectivity index (χ1n) is 12.3. The monoisotopic (exact) mass is 430 g/mol. The van der Waals surface area contributed by atoms with E-state index in [9.17, 15) is 0 Å². The summed E-state index contributed by atoms with van der Waals surface area (Å²) in [6, 6.07) is 29.9. The molecule has 0 fully saturated rings. The lowest BCUT2D eigenvalue weighted by Crippen LogP contribution is -2.17. The Balaban J connectivity index is 0.00000111. The smallest absolute Gasteiger partial charge is 0.0159 e. The number of fused-ring (bicyclic) bond motifs is 6. The van der Waals surface area contributed by atoms with E-state index in [1.165, 1.54) is 61.2 Å². The highest BCUT2D eigenvalue weighted by molar-refractivity contribution is 5.90. The molecule has 2 aliphatic rings. The molecule has 0 nitrogen and oxygen atoms in total. The molecule has 0 unspecified atom stereocenters. The second-order valence-corrected chi connectivity index (χ2v) is 10.4. The molecule has 6 rings (SSSR count). The van der Waals surface area contributed by atoms with Gasteiger partial charge in [-0.05, 0) is 80.8 Å². The zero-order valence-corrected chi connectivity index (χ0v) is 21.0. The van der Waals surface area contributed by atoms with Crippen molar-refractivity contribution in [3.05, 3.63) is 107 Å². The molecule has 4 aromatic rings. The van der Waals surface area contributed by atoms with E-state index in [0.29, 0.717) is 0 Å². The lowest BCUT2D eigenvalue weighted by atomic mass is 9.79. The van der Waals surface area contributed by atoms with E-state index in [2.05, 4.69) is 113 Å². The molecule has 0 atom stereocenters. The van der Waals surface area contributed by atoms with E-state index in [4.69, 9.17) is 0 Å². The Morgan fingerprint density at radius 3 is 1.58 bits per heavy atom. The maximum absolute atomic E-state index is 2.49. The Kier molecular flexibility index (Phi) is 4.90. The molecule has 0 heteroatoms. The predicted molar refractivity (Wildman–Crippen MR) is 143 cm³/mol. The number of benzene rings is 4. The largest absolute Gasteiger partial charge is 0.0683 e. The van der Waals surface area contributed by atoms with Crippen LogP contribution in [0.4, 0.5) is 0 Å². The van der Waals surface area contributed by atoms with Crippen molar-refractivity contribution in [3.8, 4) is 33.4 Å². The second kappa shape index (κ2) is 7.45. The zero-order valence-electron chi connectivity index (χ0n) is 21.0. The molecule has 0 aliphatic heterocycles. The van der Waals surface area contributed by atoms with E-state index in [-0.39, 0.29) is 10.8 Å². The minimum absolute atomic E-state index is 0.0118. The lowest BCUT2D eigenvalue weighted by Gasteiger charge is -2.24. The standard InChI is InChI=1S/C31H28.C2H6/c1-19-10-12-20(13-11-19)21-14-15-23-25-18-28-24(17-29(25)31(4,5)27(23)16-21)22-8-6-7-9-26(22)30(28,2)3;1-2/h6-18H,1-5H3;1-2H3. The number of aryl methyl sites for hydroxylation is 1. The third-order valence-corrected chi connectivity index (χ3v) is 7.76. The first-order chi connectivity index (χ1) is 15.8. The van der Waals surface area contributed by atoms with Gasteiger partial charge in [0.2, 0.25) is 0 Å². The van der Waals surface area contributed by atoms with Gasteiger partial charge >= 0.3 is 0 Å². The van der Waals surface area contributed by atoms with E-state index < -0.39 is 0 Å². The van der Waals surface area contributed by atoms with Crippen molar-refractivity contribution in [1.29, 1.82) is 0 Å². The van der Waals surface area contributed by atoms with Gasteiger partial charge in [0, 0.05) is 10.8 Å². The van der Waals surface area contributed by atoms with Gasteiger partial charge in [-0.2, -0.15) is 0 Å². The van der Waals surface area contributed by atoms with Crippen LogP contribution in [0.2, 0.25) is 0 Å². The summed E-state index contributed by atoms with van der Waals surface area (Å²) in [6.07, 6.45) is 0. The molecular weight excluding hydrogens is 396 g/mol. The van der Waals surface area contributed by atoms with Crippen LogP contribution in [0.25, 0.3) is 33.4 Å². The Morgan fingerprint density at radius 1 is 0.455 bits per heavy atom. The van der Waals surface area contributed by atoms with Crippen molar-refractivity contribution in [3.63, 3.8) is 0 Å². The van der Waals surface area contributed by atoms with Gasteiger partial charge in [-0.15, -0.1) is 0 Å². The van der Waals surface area contributed by atoms with Gasteiger partial charge in [0.05, 0.1) is 0 Å². The number of hydrogen-bond acceptors (Lipinski definition) is 0. The van der Waals surface area contributed by atoms with Gasteiger partial charge in [0.15, 0.2) is 0 Å². The van der Waals surface area contributed by atoms with Crippen LogP contribution >= 0.6 is 0 Å². The van der Waals surface area contributed by atoms with Crippen LogP contribution in [0.3, 0.4) is 0 Å². The molecule has 0 amide bonds. The van der Waals surface area contributed by atoms with Crippen LogP contribution in [0.5, 0.6) is 0 Å². The van der Waals surface area contributed by atoms with Crippen LogP contribution in [0.15, 0.2) is 78.9 Å². The van der Waals surface area contributed by atoms with Gasteiger partial charge in [0.25, 0.3) is 0 Å². The van der Waals surface area contributed by atoms with Crippen LogP contribution in [0.1, 0.15) is 69.4 Å². The Hall–Kier alpha value is -3.12. The molecular formula is C33H34. The fraction of sp³-hybridized carbons (Fsp3) is 0.273. The molecule has 0 saturated heterocycles. The van der Waals surface area contributed by atoms with Gasteiger partial charge < -0.3 is 0 Å². The average molecular weight is 431 g/mol. The summed E-state index contributed by atoms with van der Waals surface area (Å²) in [5.41, 5.74) is 15.3. The fourth-order valence-corrected chi connectivity index (χ4v) is 5.85. The van der Waals surface area contributed by atoms with Crippen molar-refractivity contribution < 1.29 is 0 Å². The predicted octanol–water partition coefficient (Wildman–Crippen LogP) is 9.30. The van der Waals surface area contributed by atoms with Gasteiger partial charge in [-0.25, -0.2) is 0 Å². The topological polar surface area (TPSA) is 0 Å². The Bertz CT molecular complexity index is 1360. The summed E-state index contributed by atoms with van der Waals surface area (Å²) in [4.78, 5) is 0. The molecule has 166 valence electrons. The normalized spacial score (nSPS) is 15.6. The van der Waals surface area contributed by atoms with E-state index in [1.807, 2.05) is 13.8 Å². The third kappa shape index (κ3) is 3.04. The quantitative estimate of drug-likeness (QED) is 0.282. The maximum atomic E-state index is 2.49. The molecule has 0 heterocycles. The molecule has 0 aromatic heterocycles. The van der Waals surface area contributed by atoms with Crippen LogP contribution < -0.4 is 0 Å². The van der Waals surface area contributed by atoms with Crippen molar-refractivity contribution in [2.45, 2.75) is 59.3 Å². The summed E-state index contributed by atoms with van der Waals surface area (Å²) in [5.74, 6) is 0. The highest BCUT2D eigenvalue weighted by Gasteiger charge is 2.41. The number of hydrogen-bond donors (Lipinski definition) is 0. The highest BCUT2D eigenvalue weighted by Crippen LogP contribution is 2.56. The van der Waals surface area contributed by atoms with Crippen LogP contribution in [-0.2, 0) is 10.8 Å². The molecule has 2 aliphatic carbocycles. The van der Waals surface area contributed by atoms with Crippen LogP contribution in [-0.4, -0.2) is 0 Å². The molecule has 0 bridgehead atoms. The highest BCUT2D eigenvalue weighted by atomic mass is 14.4. The van der Waals surface area contributed by atoms with E-state index in [0.717, 1.165) is 0 Å². The van der Waals surface area contributed by atoms with Crippen molar-refractivity contribution >= 4 is 0 Å². The summed E-state index contributed by atoms with van der Waals surface area (Å²) >= 11 is 0. The van der Waals surface area contributed by atoms with Crippen LogP contribution in [0, 0.1) is 6.92 Å². The first-order valence-corrected chi connectivity index (χ1v) is 12.3. The van der Waals surface area contributed by atoms with Crippen molar-refractivity contribution in [2.75, 3.05) is 0 Å². The SMILES string of the molecule is CC.Cc1ccc(-c2ccc3c(c2)C(C)(C)c2cc4c(cc2-3)C(C)(C)c2ccccc2-4)cc1. The lowest BCUT2D eigenvalue weighted by molar-refractivity contribution is 0.652. The Morgan fingerprint density at radius 2 is 0.939 bits per heavy atom. The van der Waals surface area contributed by atoms with Gasteiger partial charge in [-0.3, -0.25) is 0 Å². The fourth-order valence-electron chi connectivity index (χ4n) is 5.85. The summed E-state index contributed by atoms with van der Waals surface area (Å²) in [5, 5.41) is 0. The third-order valence-electron chi connectivity index (χ3n) is 7.76. The maximum Gasteiger partial charge on any atom is 0.0159 e. The molecule has 0 radical (unpaired) electrons. The van der Waals surface area contributed by atoms with Crippen molar-refractivity contribution in [1.82, 2.24) is 0 Å². The summed E-state index contributed by atoms with van der Waals surface area (Å²) in [6.45, 7) is 15.6. The first kappa shape index (κ1) is 21.7. The summed E-state index contributed by atoms with van der Waals surface area (Å²) < 4.78 is 0. The minimum atomic E-state index is -0.0118. The summed E-state index contributed by atoms with van der Waals surface area (Å²) in [7, 11) is 0. The second-order valence-electron chi connectivity index (χ2n) is 10.4.